The molecule has 0 saturated carbocycles. The molecular formula is C17H13ClN6O. The molecule has 4 aromatic heterocycles. The summed E-state index contributed by atoms with van der Waals surface area (Å²) in [6, 6.07) is 9.07. The van der Waals surface area contributed by atoms with E-state index < -0.39 is 0 Å². The van der Waals surface area contributed by atoms with Gasteiger partial charge in [0.1, 0.15) is 17.1 Å². The van der Waals surface area contributed by atoms with E-state index in [9.17, 15) is 0 Å². The van der Waals surface area contributed by atoms with E-state index in [1.807, 2.05) is 18.2 Å². The Morgan fingerprint density at radius 1 is 1.08 bits per heavy atom. The summed E-state index contributed by atoms with van der Waals surface area (Å²) in [5.74, 6) is 1.53. The third-order valence-electron chi connectivity index (χ3n) is 3.81. The molecule has 4 heterocycles. The van der Waals surface area contributed by atoms with Crippen LogP contribution in [0.2, 0.25) is 0 Å². The highest BCUT2D eigenvalue weighted by atomic mass is 35.5. The molecule has 2 N–H and O–H groups in total. The van der Waals surface area contributed by atoms with Gasteiger partial charge in [-0.25, -0.2) is 19.0 Å². The van der Waals surface area contributed by atoms with Gasteiger partial charge < -0.3 is 10.5 Å². The lowest BCUT2D eigenvalue weighted by Crippen LogP contribution is -1.96. The van der Waals surface area contributed by atoms with Crippen molar-refractivity contribution in [2.75, 3.05) is 12.8 Å². The molecule has 0 spiro atoms. The first-order valence-corrected chi connectivity index (χ1v) is 7.77. The largest absolute Gasteiger partial charge is 0.496 e. The number of aromatic nitrogens is 5. The fourth-order valence-corrected chi connectivity index (χ4v) is 2.86. The van der Waals surface area contributed by atoms with Gasteiger partial charge in [0.15, 0.2) is 11.5 Å². The maximum absolute atomic E-state index is 6.46. The number of nitrogens with two attached hydrogens (primary N) is 1. The van der Waals surface area contributed by atoms with Gasteiger partial charge in [-0.3, -0.25) is 4.98 Å². The zero-order valence-electron chi connectivity index (χ0n) is 13.2. The predicted octanol–water partition coefficient (Wildman–Crippen LogP) is 3.15. The topological polar surface area (TPSA) is 91.7 Å². The quantitative estimate of drug-likeness (QED) is 0.609. The van der Waals surface area contributed by atoms with E-state index in [2.05, 4.69) is 19.9 Å². The number of imidazole rings is 1. The minimum absolute atomic E-state index is 0.355. The lowest BCUT2D eigenvalue weighted by Gasteiger charge is -2.07. The van der Waals surface area contributed by atoms with Crippen LogP contribution in [0, 0.1) is 0 Å². The molecule has 0 aliphatic carbocycles. The summed E-state index contributed by atoms with van der Waals surface area (Å²) in [6.45, 7) is 0. The van der Waals surface area contributed by atoms with Gasteiger partial charge >= 0.3 is 0 Å². The monoisotopic (exact) mass is 352 g/mol. The van der Waals surface area contributed by atoms with Gasteiger partial charge in [-0.2, -0.15) is 0 Å². The van der Waals surface area contributed by atoms with Gasteiger partial charge in [-0.15, -0.1) is 0 Å². The van der Waals surface area contributed by atoms with E-state index in [0.717, 1.165) is 5.56 Å². The van der Waals surface area contributed by atoms with Crippen molar-refractivity contribution in [1.82, 2.24) is 24.0 Å². The molecule has 7 nitrogen and oxygen atoms in total. The van der Waals surface area contributed by atoms with E-state index in [4.69, 9.17) is 22.2 Å². The van der Waals surface area contributed by atoms with Crippen LogP contribution < -0.4 is 10.5 Å². The van der Waals surface area contributed by atoms with Crippen molar-refractivity contribution in [3.63, 3.8) is 0 Å². The van der Waals surface area contributed by atoms with Gasteiger partial charge in [0.2, 0.25) is 0 Å². The van der Waals surface area contributed by atoms with Crippen LogP contribution in [0.15, 0.2) is 48.9 Å². The summed E-state index contributed by atoms with van der Waals surface area (Å²) < 4.78 is 6.76. The van der Waals surface area contributed by atoms with Crippen molar-refractivity contribution in [2.24, 2.45) is 0 Å². The molecule has 0 aromatic carbocycles. The number of hydrogen-bond donors (Lipinski definition) is 1. The van der Waals surface area contributed by atoms with Gasteiger partial charge in [-0.1, -0.05) is 0 Å². The molecule has 0 bridgehead atoms. The second-order valence-electron chi connectivity index (χ2n) is 5.27. The molecule has 4 aromatic rings. The Hall–Kier alpha value is -3.19. The van der Waals surface area contributed by atoms with Gasteiger partial charge in [0, 0.05) is 30.4 Å². The Labute approximate surface area is 148 Å². The third kappa shape index (κ3) is 2.54. The SMILES string of the molecule is COc1ccncc1-c1ccc2nc(-c3cccnc3N)n(Cl)c2n1. The Bertz CT molecular complexity index is 1080. The summed E-state index contributed by atoms with van der Waals surface area (Å²) in [4.78, 5) is 17.4. The van der Waals surface area contributed by atoms with Crippen molar-refractivity contribution >= 4 is 28.8 Å². The van der Waals surface area contributed by atoms with Crippen LogP contribution in [-0.2, 0) is 0 Å². The minimum atomic E-state index is 0.355. The summed E-state index contributed by atoms with van der Waals surface area (Å²) in [7, 11) is 1.60. The Morgan fingerprint density at radius 3 is 2.76 bits per heavy atom. The van der Waals surface area contributed by atoms with Crippen molar-refractivity contribution < 1.29 is 4.74 Å². The maximum atomic E-state index is 6.46. The maximum Gasteiger partial charge on any atom is 0.176 e. The molecule has 0 amide bonds. The first-order chi connectivity index (χ1) is 12.2. The Kier molecular flexibility index (Phi) is 3.70. The highest BCUT2D eigenvalue weighted by Gasteiger charge is 2.17. The van der Waals surface area contributed by atoms with E-state index in [1.54, 1.807) is 37.8 Å². The second kappa shape index (κ2) is 6.03. The van der Waals surface area contributed by atoms with E-state index in [-0.39, 0.29) is 0 Å². The number of nitrogen functional groups attached to an aromatic ring is 1. The highest BCUT2D eigenvalue weighted by molar-refractivity contribution is 6.20. The molecule has 0 aliphatic rings. The van der Waals surface area contributed by atoms with Crippen LogP contribution in [0.5, 0.6) is 5.75 Å². The summed E-state index contributed by atoms with van der Waals surface area (Å²) >= 11 is 6.46. The zero-order valence-corrected chi connectivity index (χ0v) is 14.0. The van der Waals surface area contributed by atoms with E-state index in [1.165, 1.54) is 4.09 Å². The normalized spacial score (nSPS) is 11.0. The number of halogens is 1. The molecule has 8 heteroatoms. The number of anilines is 1. The molecule has 0 fully saturated rings. The van der Waals surface area contributed by atoms with E-state index in [0.29, 0.717) is 39.8 Å². The molecule has 0 atom stereocenters. The number of fused-ring (bicyclic) bond motifs is 1. The highest BCUT2D eigenvalue weighted by Crippen LogP contribution is 2.31. The van der Waals surface area contributed by atoms with Crippen molar-refractivity contribution in [3.8, 4) is 28.4 Å². The van der Waals surface area contributed by atoms with Crippen LogP contribution >= 0.6 is 11.8 Å². The Morgan fingerprint density at radius 2 is 1.96 bits per heavy atom. The first kappa shape index (κ1) is 15.3. The number of hydrogen-bond acceptors (Lipinski definition) is 6. The average Bonchev–Trinajstić information content (AvgIpc) is 2.98. The lowest BCUT2D eigenvalue weighted by molar-refractivity contribution is 0.416. The molecule has 0 saturated heterocycles. The predicted molar refractivity (Wildman–Crippen MR) is 96.2 cm³/mol. The number of pyridine rings is 3. The first-order valence-electron chi connectivity index (χ1n) is 7.44. The molecule has 4 rings (SSSR count). The summed E-state index contributed by atoms with van der Waals surface area (Å²) in [6.07, 6.45) is 4.98. The minimum Gasteiger partial charge on any atom is -0.496 e. The summed E-state index contributed by atoms with van der Waals surface area (Å²) in [5, 5.41) is 0. The van der Waals surface area contributed by atoms with Gasteiger partial charge in [0.25, 0.3) is 0 Å². The summed E-state index contributed by atoms with van der Waals surface area (Å²) in [5.41, 5.74) is 9.21. The van der Waals surface area contributed by atoms with Crippen LogP contribution in [0.1, 0.15) is 0 Å². The second-order valence-corrected chi connectivity index (χ2v) is 5.61. The molecule has 124 valence electrons. The van der Waals surface area contributed by atoms with Crippen molar-refractivity contribution in [3.05, 3.63) is 48.9 Å². The Balaban J connectivity index is 1.90. The molecule has 0 unspecified atom stereocenters. The van der Waals surface area contributed by atoms with Gasteiger partial charge in [-0.05, 0) is 30.3 Å². The average molecular weight is 353 g/mol. The number of ether oxygens (including phenoxy) is 1. The van der Waals surface area contributed by atoms with Gasteiger partial charge in [0.05, 0.1) is 23.9 Å². The molecule has 25 heavy (non-hydrogen) atoms. The number of rotatable bonds is 3. The molecule has 0 aliphatic heterocycles. The third-order valence-corrected chi connectivity index (χ3v) is 4.13. The smallest absolute Gasteiger partial charge is 0.176 e. The standard InChI is InChI=1S/C17H13ClN6O/c1-25-14-6-8-20-9-11(14)12-4-5-13-17(22-12)24(18)16(23-13)10-3-2-7-21-15(10)19/h2-9H,1H3,(H2,19,21). The lowest BCUT2D eigenvalue weighted by atomic mass is 10.1. The van der Waals surface area contributed by atoms with Crippen molar-refractivity contribution in [1.29, 1.82) is 0 Å². The number of nitrogens with zero attached hydrogens (tertiary/aromatic N) is 5. The van der Waals surface area contributed by atoms with Crippen LogP contribution in [0.3, 0.4) is 0 Å². The van der Waals surface area contributed by atoms with Crippen LogP contribution in [0.4, 0.5) is 5.82 Å². The van der Waals surface area contributed by atoms with Crippen molar-refractivity contribution in [2.45, 2.75) is 0 Å². The zero-order chi connectivity index (χ0) is 17.4. The fraction of sp³-hybridized carbons (Fsp3) is 0.0588. The van der Waals surface area contributed by atoms with E-state index >= 15 is 0 Å². The fourth-order valence-electron chi connectivity index (χ4n) is 2.61. The van der Waals surface area contributed by atoms with Crippen LogP contribution in [0.25, 0.3) is 33.8 Å². The molecular weight excluding hydrogens is 340 g/mol. The molecule has 0 radical (unpaired) electrons. The van der Waals surface area contributed by atoms with Crippen LogP contribution in [-0.4, -0.2) is 31.1 Å². The number of methoxy groups -OCH3 is 1.